The standard InChI is InChI=1S/C25H24N4O5/c1-12-7-9-16-21(14(12)3)26-24(32)25(16)20-19(17-5-4-10-27(17)25)22(30)28(23(20)31)15-8-6-13(2)18(11-15)29(33)34/h6-9,11,17,19-20H,4-5,10H2,1-3H3,(H,26,32)/t17-,19-,20-,25-/m1/s1. The summed E-state index contributed by atoms with van der Waals surface area (Å²) in [5.41, 5.74) is 2.68. The molecule has 3 saturated heterocycles. The van der Waals surface area contributed by atoms with Crippen molar-refractivity contribution in [2.24, 2.45) is 11.8 Å². The molecule has 9 heteroatoms. The predicted molar refractivity (Wildman–Crippen MR) is 123 cm³/mol. The highest BCUT2D eigenvalue weighted by Gasteiger charge is 2.74. The van der Waals surface area contributed by atoms with Crippen molar-refractivity contribution in [2.45, 2.75) is 45.2 Å². The molecular weight excluding hydrogens is 436 g/mol. The van der Waals surface area contributed by atoms with Crippen LogP contribution in [0.4, 0.5) is 17.1 Å². The van der Waals surface area contributed by atoms with Gasteiger partial charge in [0.25, 0.3) is 5.69 Å². The van der Waals surface area contributed by atoms with Gasteiger partial charge in [0.05, 0.1) is 22.4 Å². The van der Waals surface area contributed by atoms with E-state index < -0.39 is 28.2 Å². The molecule has 3 fully saturated rings. The Morgan fingerprint density at radius 3 is 2.53 bits per heavy atom. The van der Waals surface area contributed by atoms with E-state index in [1.54, 1.807) is 19.1 Å². The first kappa shape index (κ1) is 21.0. The number of nitro groups is 1. The third-order valence-electron chi connectivity index (χ3n) is 8.35. The number of nitrogens with zero attached hydrogens (tertiary/aromatic N) is 3. The minimum Gasteiger partial charge on any atom is -0.324 e. The summed E-state index contributed by atoms with van der Waals surface area (Å²) in [6, 6.07) is 8.02. The van der Waals surface area contributed by atoms with Gasteiger partial charge in [0.2, 0.25) is 17.7 Å². The van der Waals surface area contributed by atoms with Gasteiger partial charge in [0.15, 0.2) is 0 Å². The highest BCUT2D eigenvalue weighted by atomic mass is 16.6. The maximum absolute atomic E-state index is 14.0. The quantitative estimate of drug-likeness (QED) is 0.419. The molecule has 34 heavy (non-hydrogen) atoms. The van der Waals surface area contributed by atoms with E-state index in [2.05, 4.69) is 10.2 Å². The van der Waals surface area contributed by atoms with Crippen molar-refractivity contribution in [3.8, 4) is 0 Å². The molecule has 4 aliphatic heterocycles. The molecule has 9 nitrogen and oxygen atoms in total. The second kappa shape index (κ2) is 6.73. The Kier molecular flexibility index (Phi) is 4.15. The van der Waals surface area contributed by atoms with Gasteiger partial charge in [0, 0.05) is 28.9 Å². The van der Waals surface area contributed by atoms with E-state index in [1.807, 2.05) is 26.0 Å². The van der Waals surface area contributed by atoms with Gasteiger partial charge in [-0.15, -0.1) is 0 Å². The van der Waals surface area contributed by atoms with Crippen LogP contribution in [-0.4, -0.2) is 40.1 Å². The Balaban J connectivity index is 1.54. The molecule has 4 atom stereocenters. The minimum absolute atomic E-state index is 0.151. The van der Waals surface area contributed by atoms with Crippen LogP contribution in [0.1, 0.15) is 35.1 Å². The Morgan fingerprint density at radius 2 is 1.79 bits per heavy atom. The van der Waals surface area contributed by atoms with Crippen LogP contribution in [0.2, 0.25) is 0 Å². The first-order valence-corrected chi connectivity index (χ1v) is 11.5. The van der Waals surface area contributed by atoms with Gasteiger partial charge < -0.3 is 5.32 Å². The number of benzene rings is 2. The van der Waals surface area contributed by atoms with E-state index in [0.717, 1.165) is 40.1 Å². The zero-order chi connectivity index (χ0) is 24.1. The number of imide groups is 1. The van der Waals surface area contributed by atoms with Gasteiger partial charge >= 0.3 is 0 Å². The molecule has 6 rings (SSSR count). The molecule has 4 aliphatic rings. The van der Waals surface area contributed by atoms with E-state index in [0.29, 0.717) is 12.1 Å². The third-order valence-corrected chi connectivity index (χ3v) is 8.35. The molecule has 3 amide bonds. The number of anilines is 2. The van der Waals surface area contributed by atoms with E-state index >= 15 is 0 Å². The van der Waals surface area contributed by atoms with E-state index in [1.165, 1.54) is 6.07 Å². The van der Waals surface area contributed by atoms with Crippen LogP contribution in [-0.2, 0) is 19.9 Å². The van der Waals surface area contributed by atoms with Crippen molar-refractivity contribution in [3.63, 3.8) is 0 Å². The van der Waals surface area contributed by atoms with Gasteiger partial charge in [-0.3, -0.25) is 29.4 Å². The minimum atomic E-state index is -1.25. The third kappa shape index (κ3) is 2.30. The summed E-state index contributed by atoms with van der Waals surface area (Å²) >= 11 is 0. The summed E-state index contributed by atoms with van der Waals surface area (Å²) < 4.78 is 0. The zero-order valence-electron chi connectivity index (χ0n) is 19.1. The smallest absolute Gasteiger partial charge is 0.274 e. The van der Waals surface area contributed by atoms with E-state index in [4.69, 9.17) is 0 Å². The molecule has 0 radical (unpaired) electrons. The number of rotatable bonds is 2. The Labute approximate surface area is 195 Å². The Morgan fingerprint density at radius 1 is 1.06 bits per heavy atom. The first-order valence-electron chi connectivity index (χ1n) is 11.5. The lowest BCUT2D eigenvalue weighted by atomic mass is 9.75. The summed E-state index contributed by atoms with van der Waals surface area (Å²) in [6.45, 7) is 6.16. The lowest BCUT2D eigenvalue weighted by Gasteiger charge is -2.36. The van der Waals surface area contributed by atoms with Crippen LogP contribution >= 0.6 is 0 Å². The van der Waals surface area contributed by atoms with Crippen LogP contribution in [0.5, 0.6) is 0 Å². The fraction of sp³-hybridized carbons (Fsp3) is 0.400. The molecule has 0 bridgehead atoms. The summed E-state index contributed by atoms with van der Waals surface area (Å²) in [7, 11) is 0. The summed E-state index contributed by atoms with van der Waals surface area (Å²) in [5, 5.41) is 14.5. The van der Waals surface area contributed by atoms with Crippen molar-refractivity contribution in [1.82, 2.24) is 4.90 Å². The Bertz CT molecular complexity index is 1340. The predicted octanol–water partition coefficient (Wildman–Crippen LogP) is 2.95. The topological polar surface area (TPSA) is 113 Å². The van der Waals surface area contributed by atoms with Crippen molar-refractivity contribution >= 4 is 34.8 Å². The number of hydrogen-bond acceptors (Lipinski definition) is 6. The molecule has 0 aliphatic carbocycles. The molecule has 0 saturated carbocycles. The molecule has 1 spiro atoms. The first-order chi connectivity index (χ1) is 16.2. The average molecular weight is 460 g/mol. The second-order valence-corrected chi connectivity index (χ2v) is 9.80. The molecule has 2 aromatic carbocycles. The SMILES string of the molecule is Cc1ccc(N2C(=O)[C@@H]3[C@H]4CCCN4[C@@]4(C(=O)Nc5c4ccc(C)c5C)[C@H]3C2=O)cc1[N+](=O)[O-]. The number of aryl methyl sites for hydroxylation is 2. The van der Waals surface area contributed by atoms with Crippen LogP contribution in [0.3, 0.4) is 0 Å². The molecule has 174 valence electrons. The van der Waals surface area contributed by atoms with Gasteiger partial charge in [-0.25, -0.2) is 4.90 Å². The number of nitrogens with one attached hydrogen (secondary N) is 1. The Hall–Kier alpha value is -3.59. The van der Waals surface area contributed by atoms with Crippen molar-refractivity contribution < 1.29 is 19.3 Å². The number of fused-ring (bicyclic) bond motifs is 7. The van der Waals surface area contributed by atoms with Crippen molar-refractivity contribution in [2.75, 3.05) is 16.8 Å². The molecule has 1 N–H and O–H groups in total. The summed E-state index contributed by atoms with van der Waals surface area (Å²) in [4.78, 5) is 55.6. The van der Waals surface area contributed by atoms with Gasteiger partial charge in [-0.05, 0) is 57.4 Å². The van der Waals surface area contributed by atoms with Gasteiger partial charge in [-0.1, -0.05) is 18.2 Å². The highest BCUT2D eigenvalue weighted by molar-refractivity contribution is 6.26. The van der Waals surface area contributed by atoms with E-state index in [-0.39, 0.29) is 29.2 Å². The fourth-order valence-electron chi connectivity index (χ4n) is 6.71. The highest BCUT2D eigenvalue weighted by Crippen LogP contribution is 2.61. The van der Waals surface area contributed by atoms with Crippen LogP contribution in [0.15, 0.2) is 30.3 Å². The summed E-state index contributed by atoms with van der Waals surface area (Å²) in [6.07, 6.45) is 1.55. The monoisotopic (exact) mass is 460 g/mol. The molecular formula is C25H24N4O5. The summed E-state index contributed by atoms with van der Waals surface area (Å²) in [5.74, 6) is -2.67. The number of nitro benzene ring substituents is 1. The van der Waals surface area contributed by atoms with Crippen molar-refractivity contribution in [1.29, 1.82) is 0 Å². The van der Waals surface area contributed by atoms with Gasteiger partial charge in [-0.2, -0.15) is 0 Å². The maximum Gasteiger partial charge on any atom is 0.274 e. The van der Waals surface area contributed by atoms with Crippen LogP contribution < -0.4 is 10.2 Å². The van der Waals surface area contributed by atoms with Gasteiger partial charge in [0.1, 0.15) is 5.54 Å². The molecule has 2 aromatic rings. The number of carbonyl (C=O) groups excluding carboxylic acids is 3. The number of hydrogen-bond donors (Lipinski definition) is 1. The lowest BCUT2D eigenvalue weighted by Crippen LogP contribution is -2.54. The maximum atomic E-state index is 14.0. The lowest BCUT2D eigenvalue weighted by molar-refractivity contribution is -0.385. The normalized spacial score (nSPS) is 29.6. The largest absolute Gasteiger partial charge is 0.324 e. The van der Waals surface area contributed by atoms with Crippen molar-refractivity contribution in [3.05, 3.63) is 62.7 Å². The number of carbonyl (C=O) groups is 3. The van der Waals surface area contributed by atoms with E-state index in [9.17, 15) is 24.5 Å². The fourth-order valence-corrected chi connectivity index (χ4v) is 6.71. The molecule has 0 unspecified atom stereocenters. The number of amides is 3. The molecule has 4 heterocycles. The zero-order valence-corrected chi connectivity index (χ0v) is 19.1. The second-order valence-electron chi connectivity index (χ2n) is 9.80. The van der Waals surface area contributed by atoms with Crippen LogP contribution in [0, 0.1) is 42.7 Å². The van der Waals surface area contributed by atoms with Crippen LogP contribution in [0.25, 0.3) is 0 Å². The molecule has 0 aromatic heterocycles. The average Bonchev–Trinajstić information content (AvgIpc) is 3.50.